The van der Waals surface area contributed by atoms with Crippen LogP contribution in [0.15, 0.2) is 48.5 Å². The SMILES string of the molecule is CC.CC(=O)CCC(=O)c1[c-]ccc(C(C)=O)c1.[CH2-]Cc1ccccc1.[CH3-].[Y+3]. The molecule has 0 saturated heterocycles. The summed E-state index contributed by atoms with van der Waals surface area (Å²) in [7, 11) is 0. The quantitative estimate of drug-likeness (QED) is 0.409. The fourth-order valence-electron chi connectivity index (χ4n) is 1.92. The zero-order chi connectivity index (χ0) is 19.9. The Morgan fingerprint density at radius 2 is 1.54 bits per heavy atom. The van der Waals surface area contributed by atoms with Gasteiger partial charge in [0.25, 0.3) is 0 Å². The van der Waals surface area contributed by atoms with Crippen molar-refractivity contribution in [1.29, 1.82) is 0 Å². The van der Waals surface area contributed by atoms with E-state index in [0.29, 0.717) is 11.1 Å². The Hall–Kier alpha value is -1.45. The first kappa shape index (κ1) is 31.3. The van der Waals surface area contributed by atoms with Crippen molar-refractivity contribution < 1.29 is 47.1 Å². The van der Waals surface area contributed by atoms with Crippen LogP contribution < -0.4 is 0 Å². The maximum atomic E-state index is 11.6. The molecule has 0 bridgehead atoms. The number of rotatable bonds is 6. The van der Waals surface area contributed by atoms with E-state index < -0.39 is 0 Å². The van der Waals surface area contributed by atoms with Crippen LogP contribution in [0.1, 0.15) is 66.8 Å². The van der Waals surface area contributed by atoms with Gasteiger partial charge in [-0.2, -0.15) is 6.42 Å². The fraction of sp³-hybridized carbons (Fsp3) is 0.292. The summed E-state index contributed by atoms with van der Waals surface area (Å²) in [5.74, 6) is -0.260. The Kier molecular flexibility index (Phi) is 21.1. The number of hydrogen-bond acceptors (Lipinski definition) is 3. The summed E-state index contributed by atoms with van der Waals surface area (Å²) in [5.41, 5.74) is 2.16. The molecule has 3 nitrogen and oxygen atoms in total. The minimum absolute atomic E-state index is 0. The van der Waals surface area contributed by atoms with E-state index in [1.54, 1.807) is 12.1 Å². The Balaban J connectivity index is -0.000000443. The molecule has 0 N–H and O–H groups in total. The van der Waals surface area contributed by atoms with E-state index in [-0.39, 0.29) is 70.3 Å². The molecule has 0 aromatic heterocycles. The first-order valence-electron chi connectivity index (χ1n) is 8.82. The van der Waals surface area contributed by atoms with Crippen LogP contribution in [0.4, 0.5) is 0 Å². The zero-order valence-electron chi connectivity index (χ0n) is 17.7. The maximum Gasteiger partial charge on any atom is 3.00 e. The molecule has 2 aromatic rings. The van der Waals surface area contributed by atoms with Gasteiger partial charge in [-0.15, -0.1) is 29.8 Å². The molecule has 0 saturated carbocycles. The predicted octanol–water partition coefficient (Wildman–Crippen LogP) is 5.78. The summed E-state index contributed by atoms with van der Waals surface area (Å²) >= 11 is 0. The predicted molar refractivity (Wildman–Crippen MR) is 113 cm³/mol. The second kappa shape index (κ2) is 18.9. The van der Waals surface area contributed by atoms with E-state index in [0.717, 1.165) is 6.42 Å². The monoisotopic (exact) mass is 456 g/mol. The molecule has 0 heterocycles. The molecule has 0 amide bonds. The van der Waals surface area contributed by atoms with Gasteiger partial charge in [-0.05, 0) is 20.3 Å². The van der Waals surface area contributed by atoms with E-state index in [1.165, 1.54) is 25.5 Å². The van der Waals surface area contributed by atoms with Gasteiger partial charge in [-0.25, -0.2) is 0 Å². The summed E-state index contributed by atoms with van der Waals surface area (Å²) in [4.78, 5) is 33.5. The number of ketones is 3. The molecule has 0 fully saturated rings. The number of carbonyl (C=O) groups is 3. The molecule has 4 heteroatoms. The summed E-state index contributed by atoms with van der Waals surface area (Å²) in [6, 6.07) is 17.7. The summed E-state index contributed by atoms with van der Waals surface area (Å²) in [6.07, 6.45) is 1.30. The van der Waals surface area contributed by atoms with Gasteiger partial charge in [0.1, 0.15) is 11.6 Å². The van der Waals surface area contributed by atoms with Gasteiger partial charge in [0, 0.05) is 6.42 Å². The third-order valence-corrected chi connectivity index (χ3v) is 3.34. The van der Waals surface area contributed by atoms with Crippen LogP contribution in [0, 0.1) is 20.4 Å². The van der Waals surface area contributed by atoms with E-state index in [9.17, 15) is 14.4 Å². The molecular weight excluding hydrogens is 425 g/mol. The van der Waals surface area contributed by atoms with E-state index >= 15 is 0 Å². The van der Waals surface area contributed by atoms with Crippen molar-refractivity contribution >= 4 is 17.3 Å². The van der Waals surface area contributed by atoms with Gasteiger partial charge in [0.2, 0.25) is 0 Å². The van der Waals surface area contributed by atoms with Crippen LogP contribution in [0.2, 0.25) is 0 Å². The molecule has 0 unspecified atom stereocenters. The van der Waals surface area contributed by atoms with Crippen molar-refractivity contribution in [3.05, 3.63) is 85.6 Å². The van der Waals surface area contributed by atoms with Crippen LogP contribution in [-0.2, 0) is 43.9 Å². The summed E-state index contributed by atoms with van der Waals surface area (Å²) in [6.45, 7) is 10.6. The topological polar surface area (TPSA) is 51.2 Å². The number of benzene rings is 2. The zero-order valence-corrected chi connectivity index (χ0v) is 20.6. The van der Waals surface area contributed by atoms with Crippen molar-refractivity contribution in [3.63, 3.8) is 0 Å². The van der Waals surface area contributed by atoms with Crippen molar-refractivity contribution in [1.82, 2.24) is 0 Å². The van der Waals surface area contributed by atoms with E-state index in [4.69, 9.17) is 0 Å². The number of carbonyl (C=O) groups excluding carboxylic acids is 3. The Morgan fingerprint density at radius 3 is 1.96 bits per heavy atom. The van der Waals surface area contributed by atoms with Gasteiger partial charge >= 0.3 is 32.7 Å². The Bertz CT molecular complexity index is 694. The minimum Gasteiger partial charge on any atom is -0.358 e. The molecule has 0 atom stereocenters. The van der Waals surface area contributed by atoms with Gasteiger partial charge in [-0.3, -0.25) is 4.79 Å². The molecule has 0 aliphatic heterocycles. The largest absolute Gasteiger partial charge is 3.00 e. The summed E-state index contributed by atoms with van der Waals surface area (Å²) < 4.78 is 0. The van der Waals surface area contributed by atoms with E-state index in [2.05, 4.69) is 25.1 Å². The second-order valence-corrected chi connectivity index (χ2v) is 5.41. The summed E-state index contributed by atoms with van der Waals surface area (Å²) in [5, 5.41) is 0. The van der Waals surface area contributed by atoms with Gasteiger partial charge in [-0.1, -0.05) is 55.3 Å². The van der Waals surface area contributed by atoms with Gasteiger partial charge in [0.05, 0.1) is 5.78 Å². The Labute approximate surface area is 196 Å². The molecule has 2 aromatic carbocycles. The average Bonchev–Trinajstić information content (AvgIpc) is 2.68. The number of hydrogen-bond donors (Lipinski definition) is 0. The van der Waals surface area contributed by atoms with Crippen LogP contribution in [-0.4, -0.2) is 17.3 Å². The van der Waals surface area contributed by atoms with Crippen LogP contribution in [0.5, 0.6) is 0 Å². The van der Waals surface area contributed by atoms with Crippen molar-refractivity contribution in [2.24, 2.45) is 0 Å². The third kappa shape index (κ3) is 13.7. The van der Waals surface area contributed by atoms with Crippen LogP contribution in [0.25, 0.3) is 0 Å². The van der Waals surface area contributed by atoms with Gasteiger partial charge in [0.15, 0.2) is 0 Å². The molecular formula is C24H31O3Y. The number of Topliss-reactive ketones (excluding diaryl/α,β-unsaturated/α-hetero) is 3. The second-order valence-electron chi connectivity index (χ2n) is 5.41. The minimum atomic E-state index is -0.154. The molecule has 2 rings (SSSR count). The fourth-order valence-corrected chi connectivity index (χ4v) is 1.92. The smallest absolute Gasteiger partial charge is 0.358 e. The standard InChI is InChI=1S/C13H13O3.C8H9.C2H6.CH3.Y/c1-9(14)6-7-13(16)12-5-3-4-11(8-12)10(2)15;1-2-8-6-4-3-5-7-8;1-2;;/h3-4,8H,6-7H2,1-2H3;3-7H,1-2H2;1-2H3;1H3;/q2*-1;;-1;+3. The molecule has 148 valence electrons. The van der Waals surface area contributed by atoms with Crippen LogP contribution in [0.3, 0.4) is 0 Å². The van der Waals surface area contributed by atoms with Crippen molar-refractivity contribution in [2.75, 3.05) is 0 Å². The van der Waals surface area contributed by atoms with Crippen molar-refractivity contribution in [2.45, 2.75) is 47.0 Å². The third-order valence-electron chi connectivity index (χ3n) is 3.34. The average molecular weight is 456 g/mol. The first-order valence-corrected chi connectivity index (χ1v) is 8.82. The molecule has 0 aliphatic carbocycles. The normalized spacial score (nSPS) is 8.46. The van der Waals surface area contributed by atoms with Crippen LogP contribution >= 0.6 is 0 Å². The molecule has 0 spiro atoms. The molecule has 0 radical (unpaired) electrons. The molecule has 28 heavy (non-hydrogen) atoms. The van der Waals surface area contributed by atoms with Gasteiger partial charge < -0.3 is 23.9 Å². The molecule has 0 aliphatic rings. The first-order chi connectivity index (χ1) is 12.4. The Morgan fingerprint density at radius 1 is 0.964 bits per heavy atom. The van der Waals surface area contributed by atoms with E-state index in [1.807, 2.05) is 32.0 Å². The van der Waals surface area contributed by atoms with Crippen molar-refractivity contribution in [3.8, 4) is 0 Å². The maximum absolute atomic E-state index is 11.6.